The van der Waals surface area contributed by atoms with Crippen molar-refractivity contribution in [2.24, 2.45) is 0 Å². The van der Waals surface area contributed by atoms with Crippen molar-refractivity contribution < 1.29 is 9.90 Å². The van der Waals surface area contributed by atoms with Gasteiger partial charge in [-0.1, -0.05) is 78.4 Å². The Morgan fingerprint density at radius 1 is 0.808 bits per heavy atom. The molecule has 26 heavy (non-hydrogen) atoms. The molecule has 2 nitrogen and oxygen atoms in total. The molecule has 0 aromatic heterocycles. The summed E-state index contributed by atoms with van der Waals surface area (Å²) in [4.78, 5) is 13.2. The van der Waals surface area contributed by atoms with Crippen molar-refractivity contribution in [3.05, 3.63) is 112 Å². The Morgan fingerprint density at radius 3 is 2.12 bits per heavy atom. The van der Waals surface area contributed by atoms with Crippen LogP contribution in [-0.2, 0) is 0 Å². The van der Waals surface area contributed by atoms with E-state index >= 15 is 0 Å². The molecule has 0 fully saturated rings. The summed E-state index contributed by atoms with van der Waals surface area (Å²) in [6.45, 7) is 4.12. The number of aryl methyl sites for hydroxylation is 2. The molecule has 1 N–H and O–H groups in total. The number of rotatable bonds is 3. The molecule has 3 aromatic rings. The molecule has 0 aliphatic heterocycles. The van der Waals surface area contributed by atoms with Gasteiger partial charge in [-0.25, -0.2) is 0 Å². The second-order valence-electron chi connectivity index (χ2n) is 6.84. The number of fused-ring (bicyclic) bond motifs is 1. The van der Waals surface area contributed by atoms with E-state index in [2.05, 4.69) is 32.0 Å². The highest BCUT2D eigenvalue weighted by atomic mass is 16.3. The molecule has 0 heterocycles. The van der Waals surface area contributed by atoms with Gasteiger partial charge in [-0.2, -0.15) is 0 Å². The zero-order valence-corrected chi connectivity index (χ0v) is 14.9. The first-order valence-corrected chi connectivity index (χ1v) is 8.77. The summed E-state index contributed by atoms with van der Waals surface area (Å²) < 4.78 is 0. The minimum atomic E-state index is -0.295. The van der Waals surface area contributed by atoms with Crippen molar-refractivity contribution in [1.29, 1.82) is 0 Å². The molecule has 128 valence electrons. The number of benzene rings is 3. The second-order valence-corrected chi connectivity index (χ2v) is 6.84. The van der Waals surface area contributed by atoms with Gasteiger partial charge in [-0.3, -0.25) is 4.79 Å². The maximum atomic E-state index is 13.2. The van der Waals surface area contributed by atoms with Gasteiger partial charge in [0.05, 0.1) is 5.57 Å². The summed E-state index contributed by atoms with van der Waals surface area (Å²) in [5.41, 5.74) is 6.00. The lowest BCUT2D eigenvalue weighted by Gasteiger charge is -2.21. The quantitative estimate of drug-likeness (QED) is 0.674. The van der Waals surface area contributed by atoms with Crippen LogP contribution in [0.5, 0.6) is 0 Å². The lowest BCUT2D eigenvalue weighted by Crippen LogP contribution is -2.13. The van der Waals surface area contributed by atoms with Crippen molar-refractivity contribution in [3.8, 4) is 0 Å². The predicted molar refractivity (Wildman–Crippen MR) is 105 cm³/mol. The molecule has 0 saturated carbocycles. The van der Waals surface area contributed by atoms with Crippen molar-refractivity contribution in [2.75, 3.05) is 0 Å². The van der Waals surface area contributed by atoms with E-state index in [1.807, 2.05) is 42.5 Å². The number of ketones is 1. The minimum Gasteiger partial charge on any atom is -0.507 e. The minimum absolute atomic E-state index is 0.0908. The zero-order chi connectivity index (χ0) is 18.3. The molecule has 0 radical (unpaired) electrons. The molecular weight excluding hydrogens is 320 g/mol. The van der Waals surface area contributed by atoms with Crippen LogP contribution in [0.1, 0.15) is 44.1 Å². The van der Waals surface area contributed by atoms with E-state index in [0.717, 1.165) is 16.7 Å². The number of aliphatic hydroxyl groups excluding tert-OH is 1. The first kappa shape index (κ1) is 16.3. The normalized spacial score (nSPS) is 14.5. The van der Waals surface area contributed by atoms with Crippen LogP contribution in [0.25, 0.3) is 5.76 Å². The summed E-state index contributed by atoms with van der Waals surface area (Å²) in [5, 5.41) is 10.9. The lowest BCUT2D eigenvalue weighted by molar-refractivity contribution is 0.103. The van der Waals surface area contributed by atoms with Gasteiger partial charge >= 0.3 is 0 Å². The summed E-state index contributed by atoms with van der Waals surface area (Å²) in [6, 6.07) is 23.4. The molecule has 1 aliphatic carbocycles. The first-order valence-electron chi connectivity index (χ1n) is 8.77. The maximum absolute atomic E-state index is 13.2. The van der Waals surface area contributed by atoms with E-state index in [9.17, 15) is 9.90 Å². The van der Waals surface area contributed by atoms with Crippen molar-refractivity contribution in [1.82, 2.24) is 0 Å². The Balaban J connectivity index is 1.96. The maximum Gasteiger partial charge on any atom is 0.194 e. The largest absolute Gasteiger partial charge is 0.507 e. The highest BCUT2D eigenvalue weighted by Crippen LogP contribution is 2.43. The number of aliphatic hydroxyl groups is 1. The van der Waals surface area contributed by atoms with Crippen LogP contribution >= 0.6 is 0 Å². The fourth-order valence-electron chi connectivity index (χ4n) is 3.85. The zero-order valence-electron chi connectivity index (χ0n) is 14.9. The average Bonchev–Trinajstić information content (AvgIpc) is 2.90. The summed E-state index contributed by atoms with van der Waals surface area (Å²) in [6.07, 6.45) is 0. The second kappa shape index (κ2) is 6.30. The Kier molecular flexibility index (Phi) is 3.96. The van der Waals surface area contributed by atoms with Crippen LogP contribution in [0.2, 0.25) is 0 Å². The fourth-order valence-corrected chi connectivity index (χ4v) is 3.85. The molecular formula is C24H20O2. The van der Waals surface area contributed by atoms with Crippen LogP contribution in [0.4, 0.5) is 0 Å². The van der Waals surface area contributed by atoms with Gasteiger partial charge in [0.2, 0.25) is 0 Å². The predicted octanol–water partition coefficient (Wildman–Crippen LogP) is 5.60. The van der Waals surface area contributed by atoms with Gasteiger partial charge in [0, 0.05) is 17.0 Å². The number of carbonyl (C=O) groups is 1. The smallest absolute Gasteiger partial charge is 0.194 e. The highest BCUT2D eigenvalue weighted by molar-refractivity contribution is 6.20. The SMILES string of the molecule is Cc1ccc([C@@H](C2=C(O)c3ccccc3C2=O)c2ccccc2)c(C)c1. The monoisotopic (exact) mass is 340 g/mol. The van der Waals surface area contributed by atoms with Crippen molar-refractivity contribution in [2.45, 2.75) is 19.8 Å². The fraction of sp³-hybridized carbons (Fsp3) is 0.125. The van der Waals surface area contributed by atoms with Gasteiger partial charge in [-0.15, -0.1) is 0 Å². The van der Waals surface area contributed by atoms with Crippen LogP contribution in [0, 0.1) is 13.8 Å². The van der Waals surface area contributed by atoms with Crippen LogP contribution < -0.4 is 0 Å². The summed E-state index contributed by atoms with van der Waals surface area (Å²) in [5.74, 6) is -0.289. The van der Waals surface area contributed by atoms with Crippen molar-refractivity contribution >= 4 is 11.5 Å². The third-order valence-corrected chi connectivity index (χ3v) is 5.08. The molecule has 0 unspecified atom stereocenters. The topological polar surface area (TPSA) is 37.3 Å². The molecule has 0 saturated heterocycles. The van der Waals surface area contributed by atoms with E-state index in [1.54, 1.807) is 12.1 Å². The summed E-state index contributed by atoms with van der Waals surface area (Å²) in [7, 11) is 0. The molecule has 3 aromatic carbocycles. The number of Topliss-reactive ketones (excluding diaryl/α,β-unsaturated/α-hetero) is 1. The molecule has 1 aliphatic rings. The van der Waals surface area contributed by atoms with Crippen molar-refractivity contribution in [3.63, 3.8) is 0 Å². The van der Waals surface area contributed by atoms with E-state index in [0.29, 0.717) is 16.7 Å². The number of hydrogen-bond acceptors (Lipinski definition) is 2. The van der Waals surface area contributed by atoms with E-state index in [1.165, 1.54) is 5.56 Å². The van der Waals surface area contributed by atoms with Gasteiger partial charge < -0.3 is 5.11 Å². The van der Waals surface area contributed by atoms with Crippen LogP contribution in [0.3, 0.4) is 0 Å². The Morgan fingerprint density at radius 2 is 1.46 bits per heavy atom. The average molecular weight is 340 g/mol. The van der Waals surface area contributed by atoms with E-state index in [4.69, 9.17) is 0 Å². The Bertz CT molecular complexity index is 1030. The van der Waals surface area contributed by atoms with E-state index in [-0.39, 0.29) is 17.5 Å². The van der Waals surface area contributed by atoms with Gasteiger partial charge in [-0.05, 0) is 30.5 Å². The van der Waals surface area contributed by atoms with Gasteiger partial charge in [0.25, 0.3) is 0 Å². The first-order chi connectivity index (χ1) is 12.6. The third-order valence-electron chi connectivity index (χ3n) is 5.08. The molecule has 1 atom stereocenters. The van der Waals surface area contributed by atoms with Crippen LogP contribution in [0.15, 0.2) is 78.4 Å². The third kappa shape index (κ3) is 2.55. The Hall–Kier alpha value is -3.13. The lowest BCUT2D eigenvalue weighted by atomic mass is 9.81. The molecule has 0 spiro atoms. The molecule has 2 heteroatoms. The van der Waals surface area contributed by atoms with Gasteiger partial charge in [0.15, 0.2) is 5.78 Å². The number of carbonyl (C=O) groups excluding carboxylic acids is 1. The number of hydrogen-bond donors (Lipinski definition) is 1. The molecule has 0 amide bonds. The number of allylic oxidation sites excluding steroid dienone is 1. The van der Waals surface area contributed by atoms with Gasteiger partial charge in [0.1, 0.15) is 5.76 Å². The van der Waals surface area contributed by atoms with E-state index < -0.39 is 0 Å². The Labute approximate surface area is 153 Å². The highest BCUT2D eigenvalue weighted by Gasteiger charge is 2.36. The standard InChI is InChI=1S/C24H20O2/c1-15-12-13-18(16(2)14-15)21(17-8-4-3-5-9-17)22-23(25)19-10-6-7-11-20(19)24(22)26/h3-14,21,25H,1-2H3/t21-/m0/s1. The molecule has 4 rings (SSSR count). The van der Waals surface area contributed by atoms with Crippen LogP contribution in [-0.4, -0.2) is 10.9 Å². The molecule has 0 bridgehead atoms. The summed E-state index contributed by atoms with van der Waals surface area (Å²) >= 11 is 0.